The number of hydrogen-bond donors (Lipinski definition) is 3. The van der Waals surface area contributed by atoms with Crippen molar-refractivity contribution in [2.45, 2.75) is 62.9 Å². The maximum absolute atomic E-state index is 13.7. The molecular formula is C43H47N3O6S. The van der Waals surface area contributed by atoms with E-state index in [9.17, 15) is 18.3 Å². The highest BCUT2D eigenvalue weighted by Crippen LogP contribution is 2.42. The first-order chi connectivity index (χ1) is 25.6. The quantitative estimate of drug-likeness (QED) is 0.113. The molecule has 5 aromatic carbocycles. The number of aryl methyl sites for hydroxylation is 1. The molecule has 10 heteroatoms. The fraction of sp³-hybridized carbons (Fsp3) is 0.279. The van der Waals surface area contributed by atoms with E-state index in [2.05, 4.69) is 41.0 Å². The molecule has 5 atom stereocenters. The molecule has 6 rings (SSSR count). The Bertz CT molecular complexity index is 2030. The number of carbonyl (C=O) groups excluding carboxylic acids is 1. The SMILES string of the molecule is Cc1ccc(S(=O)(=O)N[C@H](Cc2ccccc2)C(=O)Nc2ccc([C@@H]3O[C@H](CN(C)Cc4ccccc4)[C@H](C)[C@H](c4ccc(CO)cc4)O3)cc2)cc1. The Kier molecular flexibility index (Phi) is 12.5. The maximum atomic E-state index is 13.7. The number of carbonyl (C=O) groups is 1. The Morgan fingerprint density at radius 1 is 0.774 bits per heavy atom. The van der Waals surface area contributed by atoms with E-state index < -0.39 is 28.3 Å². The molecular weight excluding hydrogens is 687 g/mol. The zero-order valence-electron chi connectivity index (χ0n) is 30.3. The van der Waals surface area contributed by atoms with Crippen LogP contribution in [0.2, 0.25) is 0 Å². The van der Waals surface area contributed by atoms with Crippen molar-refractivity contribution >= 4 is 21.6 Å². The van der Waals surface area contributed by atoms with Gasteiger partial charge in [-0.05, 0) is 66.9 Å². The first-order valence-corrected chi connectivity index (χ1v) is 19.3. The number of ether oxygens (including phenoxy) is 2. The molecule has 9 nitrogen and oxygen atoms in total. The number of anilines is 1. The van der Waals surface area contributed by atoms with Gasteiger partial charge in [0.2, 0.25) is 15.9 Å². The standard InChI is InChI=1S/C43H47N3O6S/c1-30-14-24-38(25-15-30)53(49,50)45-39(26-32-10-6-4-7-11-32)42(48)44-37-22-20-36(21-23-37)43-51-40(28-46(3)27-33-12-8-5-9-13-33)31(2)41(52-43)35-18-16-34(29-47)17-19-35/h4-25,31,39-41,43,45,47H,26-29H2,1-3H3,(H,44,48)/t31-,39+,40+,41+,43+/m0/s1. The average Bonchev–Trinajstić information content (AvgIpc) is 3.16. The van der Waals surface area contributed by atoms with Crippen molar-refractivity contribution in [2.24, 2.45) is 5.92 Å². The predicted octanol–water partition coefficient (Wildman–Crippen LogP) is 6.94. The Labute approximate surface area is 312 Å². The first kappa shape index (κ1) is 38.1. The van der Waals surface area contributed by atoms with Gasteiger partial charge in [-0.3, -0.25) is 9.69 Å². The molecule has 0 saturated carbocycles. The van der Waals surface area contributed by atoms with E-state index in [1.54, 1.807) is 24.3 Å². The molecule has 1 heterocycles. The summed E-state index contributed by atoms with van der Waals surface area (Å²) >= 11 is 0. The predicted molar refractivity (Wildman–Crippen MR) is 206 cm³/mol. The number of hydrogen-bond acceptors (Lipinski definition) is 7. The topological polar surface area (TPSA) is 117 Å². The Hall–Kier alpha value is -4.68. The molecule has 1 aliphatic rings. The molecule has 0 spiro atoms. The lowest BCUT2D eigenvalue weighted by molar-refractivity contribution is -0.276. The molecule has 5 aromatic rings. The van der Waals surface area contributed by atoms with Crippen LogP contribution < -0.4 is 10.0 Å². The normalized spacial score (nSPS) is 19.5. The van der Waals surface area contributed by atoms with E-state index in [0.717, 1.165) is 34.4 Å². The van der Waals surface area contributed by atoms with Crippen molar-refractivity contribution in [2.75, 3.05) is 18.9 Å². The van der Waals surface area contributed by atoms with Crippen LogP contribution in [-0.4, -0.2) is 50.1 Å². The maximum Gasteiger partial charge on any atom is 0.242 e. The summed E-state index contributed by atoms with van der Waals surface area (Å²) in [4.78, 5) is 16.1. The monoisotopic (exact) mass is 733 g/mol. The minimum atomic E-state index is -3.98. The van der Waals surface area contributed by atoms with Crippen LogP contribution in [0, 0.1) is 12.8 Å². The number of rotatable bonds is 14. The third kappa shape index (κ3) is 10.1. The van der Waals surface area contributed by atoms with E-state index in [1.807, 2.05) is 91.9 Å². The molecule has 0 aromatic heterocycles. The summed E-state index contributed by atoms with van der Waals surface area (Å²) < 4.78 is 42.6. The van der Waals surface area contributed by atoms with E-state index >= 15 is 0 Å². The largest absolute Gasteiger partial charge is 0.392 e. The zero-order valence-corrected chi connectivity index (χ0v) is 31.1. The highest BCUT2D eigenvalue weighted by atomic mass is 32.2. The molecule has 1 aliphatic heterocycles. The van der Waals surface area contributed by atoms with Crippen LogP contribution in [0.25, 0.3) is 0 Å². The molecule has 1 fully saturated rings. The first-order valence-electron chi connectivity index (χ1n) is 17.8. The summed E-state index contributed by atoms with van der Waals surface area (Å²) in [7, 11) is -1.90. The fourth-order valence-corrected chi connectivity index (χ4v) is 7.75. The van der Waals surface area contributed by atoms with Crippen LogP contribution >= 0.6 is 0 Å². The number of aliphatic hydroxyl groups is 1. The van der Waals surface area contributed by atoms with Gasteiger partial charge in [0, 0.05) is 30.3 Å². The summed E-state index contributed by atoms with van der Waals surface area (Å²) in [6, 6.07) is 40.2. The van der Waals surface area contributed by atoms with E-state index in [4.69, 9.17) is 9.47 Å². The Balaban J connectivity index is 1.19. The Morgan fingerprint density at radius 2 is 1.38 bits per heavy atom. The summed E-state index contributed by atoms with van der Waals surface area (Å²) in [5, 5.41) is 12.5. The van der Waals surface area contributed by atoms with E-state index in [-0.39, 0.29) is 36.0 Å². The molecule has 0 bridgehead atoms. The number of benzene rings is 5. The average molecular weight is 734 g/mol. The lowest BCUT2D eigenvalue weighted by Gasteiger charge is -2.42. The number of nitrogens with zero attached hydrogens (tertiary/aromatic N) is 1. The van der Waals surface area contributed by atoms with Crippen molar-refractivity contribution in [1.29, 1.82) is 0 Å². The van der Waals surface area contributed by atoms with Crippen molar-refractivity contribution in [3.8, 4) is 0 Å². The number of aliphatic hydroxyl groups excluding tert-OH is 1. The van der Waals surface area contributed by atoms with Crippen molar-refractivity contribution in [3.05, 3.63) is 167 Å². The van der Waals surface area contributed by atoms with Gasteiger partial charge in [0.25, 0.3) is 0 Å². The third-order valence-corrected chi connectivity index (χ3v) is 11.1. The van der Waals surface area contributed by atoms with Crippen LogP contribution in [0.1, 0.15) is 52.7 Å². The smallest absolute Gasteiger partial charge is 0.242 e. The van der Waals surface area contributed by atoms with Crippen LogP contribution in [-0.2, 0) is 43.9 Å². The molecule has 0 aliphatic carbocycles. The Morgan fingerprint density at radius 3 is 2.00 bits per heavy atom. The van der Waals surface area contributed by atoms with Crippen molar-refractivity contribution in [1.82, 2.24) is 9.62 Å². The fourth-order valence-electron chi connectivity index (χ4n) is 6.56. The number of amides is 1. The van der Waals surface area contributed by atoms with Gasteiger partial charge in [0.15, 0.2) is 6.29 Å². The van der Waals surface area contributed by atoms with Gasteiger partial charge in [-0.15, -0.1) is 0 Å². The van der Waals surface area contributed by atoms with Gasteiger partial charge in [-0.25, -0.2) is 8.42 Å². The zero-order chi connectivity index (χ0) is 37.4. The van der Waals surface area contributed by atoms with E-state index in [0.29, 0.717) is 12.2 Å². The number of likely N-dealkylation sites (N-methyl/N-ethyl adjacent to an activating group) is 1. The van der Waals surface area contributed by atoms with Crippen molar-refractivity contribution < 1.29 is 27.8 Å². The summed E-state index contributed by atoms with van der Waals surface area (Å²) in [6.07, 6.45) is -0.944. The van der Waals surface area contributed by atoms with Gasteiger partial charge in [-0.1, -0.05) is 122 Å². The lowest BCUT2D eigenvalue weighted by atomic mass is 9.90. The van der Waals surface area contributed by atoms with Crippen LogP contribution in [0.3, 0.4) is 0 Å². The summed E-state index contributed by atoms with van der Waals surface area (Å²) in [5.74, 6) is -0.461. The summed E-state index contributed by atoms with van der Waals surface area (Å²) in [5.41, 5.74) is 6.09. The second kappa shape index (κ2) is 17.4. The van der Waals surface area contributed by atoms with Gasteiger partial charge in [0.05, 0.1) is 23.7 Å². The minimum absolute atomic E-state index is 0.0215. The van der Waals surface area contributed by atoms with E-state index in [1.165, 1.54) is 17.7 Å². The molecule has 0 unspecified atom stereocenters. The third-order valence-electron chi connectivity index (χ3n) is 9.59. The van der Waals surface area contributed by atoms with Gasteiger partial charge >= 0.3 is 0 Å². The van der Waals surface area contributed by atoms with Gasteiger partial charge in [0.1, 0.15) is 6.04 Å². The molecule has 0 radical (unpaired) electrons. The van der Waals surface area contributed by atoms with Crippen molar-refractivity contribution in [3.63, 3.8) is 0 Å². The molecule has 1 amide bonds. The molecule has 276 valence electrons. The second-order valence-electron chi connectivity index (χ2n) is 13.8. The van der Waals surface area contributed by atoms with Gasteiger partial charge in [-0.2, -0.15) is 4.72 Å². The highest BCUT2D eigenvalue weighted by Gasteiger charge is 2.39. The minimum Gasteiger partial charge on any atom is -0.392 e. The molecule has 53 heavy (non-hydrogen) atoms. The second-order valence-corrected chi connectivity index (χ2v) is 15.5. The number of sulfonamides is 1. The van der Waals surface area contributed by atoms with Crippen LogP contribution in [0.4, 0.5) is 5.69 Å². The van der Waals surface area contributed by atoms with Gasteiger partial charge < -0.3 is 19.9 Å². The lowest BCUT2D eigenvalue weighted by Crippen LogP contribution is -2.45. The highest BCUT2D eigenvalue weighted by molar-refractivity contribution is 7.89. The van der Waals surface area contributed by atoms with Crippen LogP contribution in [0.5, 0.6) is 0 Å². The molecule has 3 N–H and O–H groups in total. The van der Waals surface area contributed by atoms with Crippen LogP contribution in [0.15, 0.2) is 138 Å². The summed E-state index contributed by atoms with van der Waals surface area (Å²) in [6.45, 7) is 5.44. The molecule has 1 saturated heterocycles. The number of nitrogens with one attached hydrogen (secondary N) is 2.